The molecule has 148 valence electrons. The Hall–Kier alpha value is -0.820. The summed E-state index contributed by atoms with van der Waals surface area (Å²) in [6.07, 6.45) is 3.78. The summed E-state index contributed by atoms with van der Waals surface area (Å²) in [5.74, 6) is 0. The van der Waals surface area contributed by atoms with Crippen LogP contribution in [0.25, 0.3) is 0 Å². The van der Waals surface area contributed by atoms with Crippen LogP contribution in [0.5, 0.6) is 0 Å². The SMILES string of the molecule is CC1CO1.CCC.CCCOC.CN=C=O.COCC(O)COC. The molecule has 1 unspecified atom stereocenters. The van der Waals surface area contributed by atoms with Crippen LogP contribution >= 0.6 is 0 Å². The monoisotopic (exact) mass is 353 g/mol. The van der Waals surface area contributed by atoms with Crippen molar-refractivity contribution in [2.24, 2.45) is 4.99 Å². The van der Waals surface area contributed by atoms with Gasteiger partial charge in [0.1, 0.15) is 6.10 Å². The Kier molecular flexibility index (Phi) is 43.5. The van der Waals surface area contributed by atoms with Crippen LogP contribution in [-0.4, -0.2) is 78.2 Å². The number of methoxy groups -OCH3 is 3. The number of rotatable bonds is 6. The fourth-order valence-electron chi connectivity index (χ4n) is 0.733. The molecule has 0 spiro atoms. The lowest BCUT2D eigenvalue weighted by Crippen LogP contribution is -2.19. The van der Waals surface area contributed by atoms with Gasteiger partial charge in [-0.1, -0.05) is 27.2 Å². The number of nitrogens with zero attached hydrogens (tertiary/aromatic N) is 1. The van der Waals surface area contributed by atoms with Gasteiger partial charge in [0.2, 0.25) is 6.08 Å². The van der Waals surface area contributed by atoms with Crippen molar-refractivity contribution >= 4 is 6.08 Å². The van der Waals surface area contributed by atoms with Gasteiger partial charge in [-0.15, -0.1) is 0 Å². The maximum atomic E-state index is 8.88. The normalized spacial score (nSPS) is 13.3. The summed E-state index contributed by atoms with van der Waals surface area (Å²) in [7, 11) is 6.17. The molecular formula is C17H39NO6. The number of carbonyl (C=O) groups excluding carboxylic acids is 1. The molecule has 1 atom stereocenters. The van der Waals surface area contributed by atoms with Crippen LogP contribution < -0.4 is 0 Å². The molecule has 1 fully saturated rings. The summed E-state index contributed by atoms with van der Waals surface area (Å²) in [6, 6.07) is 0. The minimum absolute atomic E-state index is 0.341. The van der Waals surface area contributed by atoms with Gasteiger partial charge in [-0.2, -0.15) is 0 Å². The Morgan fingerprint density at radius 1 is 1.17 bits per heavy atom. The zero-order valence-electron chi connectivity index (χ0n) is 16.8. The number of aliphatic imine (C=N–C) groups is 1. The second-order valence-corrected chi connectivity index (χ2v) is 4.72. The lowest BCUT2D eigenvalue weighted by Gasteiger charge is -2.05. The molecular weight excluding hydrogens is 314 g/mol. The summed E-state index contributed by atoms with van der Waals surface area (Å²) in [5, 5.41) is 8.80. The summed E-state index contributed by atoms with van der Waals surface area (Å²) < 4.78 is 18.7. The van der Waals surface area contributed by atoms with Gasteiger partial charge in [0.25, 0.3) is 0 Å². The molecule has 24 heavy (non-hydrogen) atoms. The van der Waals surface area contributed by atoms with Crippen molar-refractivity contribution in [3.8, 4) is 0 Å². The number of aliphatic hydroxyl groups excluding tert-OH is 1. The maximum Gasteiger partial charge on any atom is 0.234 e. The van der Waals surface area contributed by atoms with Gasteiger partial charge in [-0.25, -0.2) is 9.79 Å². The third kappa shape index (κ3) is 69.0. The predicted molar refractivity (Wildman–Crippen MR) is 97.4 cm³/mol. The first-order valence-electron chi connectivity index (χ1n) is 8.17. The molecule has 1 aliphatic rings. The topological polar surface area (TPSA) is 89.9 Å². The highest BCUT2D eigenvalue weighted by Crippen LogP contribution is 2.04. The van der Waals surface area contributed by atoms with Crippen LogP contribution in [0.3, 0.4) is 0 Å². The highest BCUT2D eigenvalue weighted by atomic mass is 16.6. The lowest BCUT2D eigenvalue weighted by atomic mass is 10.4. The molecule has 0 saturated carbocycles. The van der Waals surface area contributed by atoms with Crippen molar-refractivity contribution in [1.29, 1.82) is 0 Å². The third-order valence-corrected chi connectivity index (χ3v) is 1.72. The average Bonchev–Trinajstić information content (AvgIpc) is 3.33. The fraction of sp³-hybridized carbons (Fsp3) is 0.941. The Morgan fingerprint density at radius 3 is 1.58 bits per heavy atom. The van der Waals surface area contributed by atoms with E-state index in [-0.39, 0.29) is 0 Å². The molecule has 1 N–H and O–H groups in total. The van der Waals surface area contributed by atoms with E-state index in [1.54, 1.807) is 21.3 Å². The smallest absolute Gasteiger partial charge is 0.234 e. The average molecular weight is 354 g/mol. The van der Waals surface area contributed by atoms with E-state index >= 15 is 0 Å². The van der Waals surface area contributed by atoms with Crippen molar-refractivity contribution in [2.75, 3.05) is 54.8 Å². The first-order valence-corrected chi connectivity index (χ1v) is 8.17. The van der Waals surface area contributed by atoms with E-state index in [0.29, 0.717) is 19.3 Å². The predicted octanol–water partition coefficient (Wildman–Crippen LogP) is 2.46. The molecule has 0 amide bonds. The van der Waals surface area contributed by atoms with Crippen LogP contribution in [0.15, 0.2) is 4.99 Å². The zero-order valence-corrected chi connectivity index (χ0v) is 16.8. The van der Waals surface area contributed by atoms with E-state index in [1.165, 1.54) is 19.5 Å². The summed E-state index contributed by atoms with van der Waals surface area (Å²) in [5.41, 5.74) is 0. The number of hydrogen-bond acceptors (Lipinski definition) is 7. The highest BCUT2D eigenvalue weighted by Gasteiger charge is 2.13. The summed E-state index contributed by atoms with van der Waals surface area (Å²) in [4.78, 5) is 11.8. The molecule has 1 rings (SSSR count). The maximum absolute atomic E-state index is 8.88. The molecule has 7 nitrogen and oxygen atoms in total. The van der Waals surface area contributed by atoms with Crippen LogP contribution in [0.2, 0.25) is 0 Å². The minimum atomic E-state index is -0.481. The molecule has 0 aliphatic carbocycles. The van der Waals surface area contributed by atoms with Crippen molar-refractivity contribution in [1.82, 2.24) is 0 Å². The molecule has 1 saturated heterocycles. The van der Waals surface area contributed by atoms with Gasteiger partial charge in [0, 0.05) is 35.0 Å². The quantitative estimate of drug-likeness (QED) is 0.448. The van der Waals surface area contributed by atoms with Gasteiger partial charge in [-0.3, -0.25) is 0 Å². The van der Waals surface area contributed by atoms with Gasteiger partial charge in [0.05, 0.1) is 25.9 Å². The van der Waals surface area contributed by atoms with E-state index in [2.05, 4.69) is 42.2 Å². The standard InChI is InChI=1S/C5H12O3.C4H10O.C3H6O.C3H8.C2H3NO/c1-7-3-5(6)4-8-2;1-3-4-5-2;1-3-2-4-3;1-3-2;1-3-2-4/h5-6H,3-4H2,1-2H3;3-4H2,1-2H3;3H,2H2,1H3;3H2,1-2H3;1H3. The van der Waals surface area contributed by atoms with Gasteiger partial charge in [0.15, 0.2) is 0 Å². The zero-order chi connectivity index (χ0) is 19.6. The van der Waals surface area contributed by atoms with Crippen molar-refractivity contribution in [3.05, 3.63) is 0 Å². The van der Waals surface area contributed by atoms with E-state index in [4.69, 9.17) is 19.4 Å². The molecule has 7 heteroatoms. The number of isocyanates is 1. The minimum Gasteiger partial charge on any atom is -0.388 e. The summed E-state index contributed by atoms with van der Waals surface area (Å²) >= 11 is 0. The number of epoxide rings is 1. The van der Waals surface area contributed by atoms with E-state index < -0.39 is 6.10 Å². The Labute approximate surface area is 148 Å². The van der Waals surface area contributed by atoms with Crippen molar-refractivity contribution in [3.63, 3.8) is 0 Å². The van der Waals surface area contributed by atoms with E-state index in [1.807, 2.05) is 0 Å². The lowest BCUT2D eigenvalue weighted by molar-refractivity contribution is 0.00980. The molecule has 0 aromatic carbocycles. The van der Waals surface area contributed by atoms with E-state index in [0.717, 1.165) is 19.6 Å². The number of aliphatic hydroxyl groups is 1. The van der Waals surface area contributed by atoms with Crippen molar-refractivity contribution < 1.29 is 28.8 Å². The van der Waals surface area contributed by atoms with Gasteiger partial charge < -0.3 is 24.1 Å². The largest absolute Gasteiger partial charge is 0.388 e. The summed E-state index contributed by atoms with van der Waals surface area (Å²) in [6.45, 7) is 10.9. The molecule has 1 heterocycles. The van der Waals surface area contributed by atoms with Crippen LogP contribution in [0, 0.1) is 0 Å². The second kappa shape index (κ2) is 33.7. The van der Waals surface area contributed by atoms with Crippen LogP contribution in [0.4, 0.5) is 0 Å². The van der Waals surface area contributed by atoms with Crippen molar-refractivity contribution in [2.45, 2.75) is 52.7 Å². The number of ether oxygens (including phenoxy) is 4. The highest BCUT2D eigenvalue weighted by molar-refractivity contribution is 5.32. The molecule has 0 bridgehead atoms. The van der Waals surface area contributed by atoms with Crippen LogP contribution in [0.1, 0.15) is 40.5 Å². The Morgan fingerprint density at radius 2 is 1.50 bits per heavy atom. The molecule has 1 aliphatic heterocycles. The molecule has 0 aromatic heterocycles. The molecule has 0 radical (unpaired) electrons. The number of hydrogen-bond donors (Lipinski definition) is 1. The fourth-order valence-corrected chi connectivity index (χ4v) is 0.733. The first kappa shape index (κ1) is 31.0. The molecule has 0 aromatic rings. The van der Waals surface area contributed by atoms with E-state index in [9.17, 15) is 0 Å². The Balaban J connectivity index is -0.000000109. The third-order valence-electron chi connectivity index (χ3n) is 1.72. The van der Waals surface area contributed by atoms with Gasteiger partial charge >= 0.3 is 0 Å². The van der Waals surface area contributed by atoms with Gasteiger partial charge in [-0.05, 0) is 13.3 Å². The Bertz CT molecular complexity index is 223. The second-order valence-electron chi connectivity index (χ2n) is 4.72. The first-order chi connectivity index (χ1) is 11.4. The van der Waals surface area contributed by atoms with Crippen LogP contribution in [-0.2, 0) is 23.7 Å².